The van der Waals surface area contributed by atoms with Gasteiger partial charge in [-0.1, -0.05) is 20.8 Å². The highest BCUT2D eigenvalue weighted by Crippen LogP contribution is 2.30. The van der Waals surface area contributed by atoms with E-state index < -0.39 is 0 Å². The first-order valence-corrected chi connectivity index (χ1v) is 6.31. The lowest BCUT2D eigenvalue weighted by atomic mass is 9.94. The Hall–Kier alpha value is -1.31. The molecule has 17 heavy (non-hydrogen) atoms. The van der Waals surface area contributed by atoms with Gasteiger partial charge in [0.15, 0.2) is 5.78 Å². The monoisotopic (exact) mass is 234 g/mol. The average Bonchev–Trinajstić information content (AvgIpc) is 2.28. The number of carbonyl (C=O) groups excluding carboxylic acids is 1. The highest BCUT2D eigenvalue weighted by molar-refractivity contribution is 5.97. The lowest BCUT2D eigenvalue weighted by molar-refractivity contribution is 0.0987. The van der Waals surface area contributed by atoms with Gasteiger partial charge in [-0.15, -0.1) is 0 Å². The molecule has 0 aliphatic heterocycles. The third-order valence-corrected chi connectivity index (χ3v) is 2.90. The van der Waals surface area contributed by atoms with Gasteiger partial charge in [-0.25, -0.2) is 0 Å². The summed E-state index contributed by atoms with van der Waals surface area (Å²) in [5.41, 5.74) is 2.96. The SMILES string of the molecule is CCOc1cc(C)c(C(=O)CC)cc1C(C)C. The summed E-state index contributed by atoms with van der Waals surface area (Å²) in [5, 5.41) is 0. The predicted molar refractivity (Wildman–Crippen MR) is 71.1 cm³/mol. The maximum atomic E-state index is 11.8. The van der Waals surface area contributed by atoms with Crippen molar-refractivity contribution in [1.29, 1.82) is 0 Å². The Morgan fingerprint density at radius 1 is 1.29 bits per heavy atom. The molecule has 0 amide bonds. The molecule has 0 saturated carbocycles. The van der Waals surface area contributed by atoms with Crippen LogP contribution in [0.4, 0.5) is 0 Å². The first-order valence-electron chi connectivity index (χ1n) is 6.31. The van der Waals surface area contributed by atoms with Gasteiger partial charge in [0.2, 0.25) is 0 Å². The lowest BCUT2D eigenvalue weighted by Gasteiger charge is -2.16. The fourth-order valence-corrected chi connectivity index (χ4v) is 1.92. The fraction of sp³-hybridized carbons (Fsp3) is 0.533. The summed E-state index contributed by atoms with van der Waals surface area (Å²) in [6, 6.07) is 3.98. The Balaban J connectivity index is 3.29. The Bertz CT molecular complexity index is 406. The molecular formula is C15H22O2. The molecule has 0 unspecified atom stereocenters. The van der Waals surface area contributed by atoms with E-state index in [1.54, 1.807) is 0 Å². The maximum Gasteiger partial charge on any atom is 0.162 e. The Labute approximate surface area is 104 Å². The van der Waals surface area contributed by atoms with Crippen molar-refractivity contribution < 1.29 is 9.53 Å². The van der Waals surface area contributed by atoms with Crippen LogP contribution in [0.25, 0.3) is 0 Å². The normalized spacial score (nSPS) is 10.7. The number of ketones is 1. The van der Waals surface area contributed by atoms with Crippen LogP contribution in [0.15, 0.2) is 12.1 Å². The van der Waals surface area contributed by atoms with Crippen LogP contribution >= 0.6 is 0 Å². The zero-order chi connectivity index (χ0) is 13.0. The molecule has 0 fully saturated rings. The van der Waals surface area contributed by atoms with Gasteiger partial charge in [0.05, 0.1) is 6.61 Å². The van der Waals surface area contributed by atoms with E-state index in [-0.39, 0.29) is 5.78 Å². The molecule has 0 heterocycles. The minimum Gasteiger partial charge on any atom is -0.494 e. The second-order valence-electron chi connectivity index (χ2n) is 4.57. The van der Waals surface area contributed by atoms with Crippen LogP contribution in [0.5, 0.6) is 5.75 Å². The molecule has 0 bridgehead atoms. The van der Waals surface area contributed by atoms with E-state index in [9.17, 15) is 4.79 Å². The molecule has 0 spiro atoms. The molecule has 2 heteroatoms. The molecule has 94 valence electrons. The number of carbonyl (C=O) groups is 1. The van der Waals surface area contributed by atoms with Crippen LogP contribution in [0.3, 0.4) is 0 Å². The van der Waals surface area contributed by atoms with E-state index in [4.69, 9.17) is 4.74 Å². The van der Waals surface area contributed by atoms with E-state index in [1.807, 2.05) is 32.9 Å². The summed E-state index contributed by atoms with van der Waals surface area (Å²) in [6.45, 7) is 10.7. The van der Waals surface area contributed by atoms with Crippen LogP contribution in [0, 0.1) is 6.92 Å². The molecule has 1 aromatic rings. The number of hydrogen-bond donors (Lipinski definition) is 0. The number of Topliss-reactive ketones (excluding diaryl/α,β-unsaturated/α-hetero) is 1. The maximum absolute atomic E-state index is 11.8. The number of rotatable bonds is 5. The molecule has 0 atom stereocenters. The van der Waals surface area contributed by atoms with Gasteiger partial charge in [0.1, 0.15) is 5.75 Å². The lowest BCUT2D eigenvalue weighted by Crippen LogP contribution is -2.05. The van der Waals surface area contributed by atoms with Gasteiger partial charge in [-0.2, -0.15) is 0 Å². The van der Waals surface area contributed by atoms with Gasteiger partial charge in [0.25, 0.3) is 0 Å². The summed E-state index contributed by atoms with van der Waals surface area (Å²) in [6.07, 6.45) is 0.548. The van der Waals surface area contributed by atoms with Gasteiger partial charge in [0, 0.05) is 12.0 Å². The van der Waals surface area contributed by atoms with Crippen molar-refractivity contribution in [3.8, 4) is 5.75 Å². The van der Waals surface area contributed by atoms with Crippen molar-refractivity contribution in [3.05, 3.63) is 28.8 Å². The van der Waals surface area contributed by atoms with Crippen molar-refractivity contribution in [2.24, 2.45) is 0 Å². The summed E-state index contributed by atoms with van der Waals surface area (Å²) < 4.78 is 5.64. The van der Waals surface area contributed by atoms with Gasteiger partial charge in [-0.05, 0) is 43.0 Å². The molecule has 0 saturated heterocycles. The first-order chi connectivity index (χ1) is 8.01. The molecule has 0 radical (unpaired) electrons. The summed E-state index contributed by atoms with van der Waals surface area (Å²) in [4.78, 5) is 11.8. The standard InChI is InChI=1S/C15H22O2/c1-6-14(16)13-9-12(10(3)4)15(17-7-2)8-11(13)5/h8-10H,6-7H2,1-5H3. The molecule has 1 aromatic carbocycles. The summed E-state index contributed by atoms with van der Waals surface area (Å²) in [5.74, 6) is 1.47. The fourth-order valence-electron chi connectivity index (χ4n) is 1.92. The zero-order valence-electron chi connectivity index (χ0n) is 11.5. The number of aryl methyl sites for hydroxylation is 1. The van der Waals surface area contributed by atoms with Crippen LogP contribution in [0.2, 0.25) is 0 Å². The Morgan fingerprint density at radius 3 is 2.41 bits per heavy atom. The summed E-state index contributed by atoms with van der Waals surface area (Å²) in [7, 11) is 0. The molecule has 2 nitrogen and oxygen atoms in total. The zero-order valence-corrected chi connectivity index (χ0v) is 11.5. The Morgan fingerprint density at radius 2 is 1.94 bits per heavy atom. The smallest absolute Gasteiger partial charge is 0.162 e. The summed E-state index contributed by atoms with van der Waals surface area (Å²) >= 11 is 0. The van der Waals surface area contributed by atoms with Gasteiger partial charge >= 0.3 is 0 Å². The van der Waals surface area contributed by atoms with Crippen molar-refractivity contribution >= 4 is 5.78 Å². The van der Waals surface area contributed by atoms with Crippen molar-refractivity contribution in [2.75, 3.05) is 6.61 Å². The van der Waals surface area contributed by atoms with Crippen LogP contribution < -0.4 is 4.74 Å². The number of benzene rings is 1. The highest BCUT2D eigenvalue weighted by atomic mass is 16.5. The van der Waals surface area contributed by atoms with Crippen LogP contribution in [0.1, 0.15) is 61.5 Å². The van der Waals surface area contributed by atoms with E-state index >= 15 is 0 Å². The molecule has 0 aliphatic rings. The van der Waals surface area contributed by atoms with Crippen molar-refractivity contribution in [3.63, 3.8) is 0 Å². The van der Waals surface area contributed by atoms with E-state index in [0.717, 1.165) is 22.4 Å². The van der Waals surface area contributed by atoms with Crippen LogP contribution in [-0.2, 0) is 0 Å². The minimum atomic E-state index is 0.201. The second-order valence-corrected chi connectivity index (χ2v) is 4.57. The number of hydrogen-bond acceptors (Lipinski definition) is 2. The number of ether oxygens (including phenoxy) is 1. The molecule has 1 rings (SSSR count). The quantitative estimate of drug-likeness (QED) is 0.717. The molecular weight excluding hydrogens is 212 g/mol. The second kappa shape index (κ2) is 5.85. The minimum absolute atomic E-state index is 0.201. The Kier molecular flexibility index (Phi) is 4.73. The van der Waals surface area contributed by atoms with E-state index in [1.165, 1.54) is 0 Å². The highest BCUT2D eigenvalue weighted by Gasteiger charge is 2.14. The van der Waals surface area contributed by atoms with Crippen LogP contribution in [-0.4, -0.2) is 12.4 Å². The predicted octanol–water partition coefficient (Wildman–Crippen LogP) is 4.11. The average molecular weight is 234 g/mol. The van der Waals surface area contributed by atoms with Crippen molar-refractivity contribution in [2.45, 2.75) is 47.0 Å². The topological polar surface area (TPSA) is 26.3 Å². The largest absolute Gasteiger partial charge is 0.494 e. The van der Waals surface area contributed by atoms with Gasteiger partial charge in [-0.3, -0.25) is 4.79 Å². The van der Waals surface area contributed by atoms with Gasteiger partial charge < -0.3 is 4.74 Å². The molecule has 0 aliphatic carbocycles. The first kappa shape index (κ1) is 13.8. The molecule has 0 aromatic heterocycles. The van der Waals surface area contributed by atoms with E-state index in [0.29, 0.717) is 18.9 Å². The molecule has 0 N–H and O–H groups in total. The van der Waals surface area contributed by atoms with Crippen molar-refractivity contribution in [1.82, 2.24) is 0 Å². The third-order valence-electron chi connectivity index (χ3n) is 2.90. The third kappa shape index (κ3) is 3.09. The van der Waals surface area contributed by atoms with E-state index in [2.05, 4.69) is 13.8 Å².